The first-order valence-corrected chi connectivity index (χ1v) is 12.4. The zero-order chi connectivity index (χ0) is 24.2. The molecule has 1 atom stereocenters. The fourth-order valence-electron chi connectivity index (χ4n) is 4.43. The minimum Gasteiger partial charge on any atom is -0.363 e. The highest BCUT2D eigenvalue weighted by molar-refractivity contribution is 7.14. The van der Waals surface area contributed by atoms with Crippen molar-refractivity contribution in [3.63, 3.8) is 0 Å². The zero-order valence-corrected chi connectivity index (χ0v) is 20.2. The van der Waals surface area contributed by atoms with Crippen LogP contribution in [0.25, 0.3) is 0 Å². The highest BCUT2D eigenvalue weighted by atomic mass is 32.1. The molecule has 0 spiro atoms. The lowest BCUT2D eigenvalue weighted by Gasteiger charge is -2.25. The van der Waals surface area contributed by atoms with Crippen LogP contribution in [0.5, 0.6) is 0 Å². The molecule has 0 radical (unpaired) electrons. The molecule has 0 saturated carbocycles. The molecular formula is C26H26N6O2S. The maximum Gasteiger partial charge on any atom is 0.274 e. The molecule has 0 aliphatic carbocycles. The maximum absolute atomic E-state index is 13.0. The summed E-state index contributed by atoms with van der Waals surface area (Å²) in [6.45, 7) is 1.52. The second-order valence-electron chi connectivity index (χ2n) is 8.39. The van der Waals surface area contributed by atoms with E-state index in [1.54, 1.807) is 19.4 Å². The first kappa shape index (κ1) is 22.8. The van der Waals surface area contributed by atoms with Crippen molar-refractivity contribution in [1.29, 1.82) is 0 Å². The third-order valence-corrected chi connectivity index (χ3v) is 6.97. The van der Waals surface area contributed by atoms with Gasteiger partial charge in [0.05, 0.1) is 11.7 Å². The van der Waals surface area contributed by atoms with E-state index >= 15 is 0 Å². The fraction of sp³-hybridized carbons (Fsp3) is 0.231. The molecule has 35 heavy (non-hydrogen) atoms. The Labute approximate surface area is 207 Å². The Morgan fingerprint density at radius 2 is 1.89 bits per heavy atom. The number of benzene rings is 1. The molecule has 1 fully saturated rings. The van der Waals surface area contributed by atoms with Gasteiger partial charge in [0.2, 0.25) is 0 Å². The Morgan fingerprint density at radius 1 is 1.09 bits per heavy atom. The highest BCUT2D eigenvalue weighted by Gasteiger charge is 2.28. The van der Waals surface area contributed by atoms with Crippen LogP contribution >= 0.6 is 11.3 Å². The van der Waals surface area contributed by atoms with Gasteiger partial charge in [-0.1, -0.05) is 0 Å². The van der Waals surface area contributed by atoms with Crippen molar-refractivity contribution < 1.29 is 9.59 Å². The van der Waals surface area contributed by atoms with Gasteiger partial charge in [0, 0.05) is 55.4 Å². The van der Waals surface area contributed by atoms with Crippen LogP contribution in [0.4, 0.5) is 10.8 Å². The lowest BCUT2D eigenvalue weighted by molar-refractivity contribution is 0.0962. The summed E-state index contributed by atoms with van der Waals surface area (Å²) in [6, 6.07) is 15.3. The molecular weight excluding hydrogens is 460 g/mol. The predicted octanol–water partition coefficient (Wildman–Crippen LogP) is 4.34. The Bertz CT molecular complexity index is 1320. The van der Waals surface area contributed by atoms with Gasteiger partial charge in [0.25, 0.3) is 11.8 Å². The number of aromatic nitrogens is 3. The average molecular weight is 487 g/mol. The van der Waals surface area contributed by atoms with E-state index < -0.39 is 0 Å². The van der Waals surface area contributed by atoms with Gasteiger partial charge < -0.3 is 14.8 Å². The Kier molecular flexibility index (Phi) is 6.58. The third kappa shape index (κ3) is 4.95. The van der Waals surface area contributed by atoms with Crippen molar-refractivity contribution in [2.45, 2.75) is 25.4 Å². The van der Waals surface area contributed by atoms with E-state index in [4.69, 9.17) is 4.98 Å². The highest BCUT2D eigenvalue weighted by Crippen LogP contribution is 2.37. The first-order chi connectivity index (χ1) is 17.1. The molecule has 8 nitrogen and oxygen atoms in total. The fourth-order valence-corrected chi connectivity index (χ4v) is 5.18. The second kappa shape index (κ2) is 10.1. The summed E-state index contributed by atoms with van der Waals surface area (Å²) in [6.07, 6.45) is 7.44. The number of thiazole rings is 1. The monoisotopic (exact) mass is 486 g/mol. The predicted molar refractivity (Wildman–Crippen MR) is 137 cm³/mol. The number of hydrogen-bond donors (Lipinski definition) is 2. The lowest BCUT2D eigenvalue weighted by Crippen LogP contribution is -2.23. The quantitative estimate of drug-likeness (QED) is 0.405. The zero-order valence-electron chi connectivity index (χ0n) is 19.3. The van der Waals surface area contributed by atoms with Gasteiger partial charge in [-0.2, -0.15) is 0 Å². The van der Waals surface area contributed by atoms with Crippen molar-refractivity contribution in [2.75, 3.05) is 23.8 Å². The smallest absolute Gasteiger partial charge is 0.274 e. The molecule has 2 amide bonds. The van der Waals surface area contributed by atoms with E-state index in [9.17, 15) is 9.59 Å². The van der Waals surface area contributed by atoms with Crippen molar-refractivity contribution in [1.82, 2.24) is 19.9 Å². The summed E-state index contributed by atoms with van der Waals surface area (Å²) in [4.78, 5) is 36.0. The Morgan fingerprint density at radius 3 is 2.66 bits per heavy atom. The van der Waals surface area contributed by atoms with E-state index in [0.717, 1.165) is 36.3 Å². The SMILES string of the molecule is CNC(=O)c1ccc(N2CCC[C@@H]2c2csc(NC(=O)c3cccn3Cc3ccncc3)n2)cc1. The van der Waals surface area contributed by atoms with E-state index in [2.05, 4.69) is 20.5 Å². The van der Waals surface area contributed by atoms with Crippen molar-refractivity contribution in [2.24, 2.45) is 0 Å². The van der Waals surface area contributed by atoms with E-state index in [1.165, 1.54) is 11.3 Å². The summed E-state index contributed by atoms with van der Waals surface area (Å²) < 4.78 is 1.92. The first-order valence-electron chi connectivity index (χ1n) is 11.5. The van der Waals surface area contributed by atoms with Crippen LogP contribution < -0.4 is 15.5 Å². The molecule has 0 unspecified atom stereocenters. The molecule has 5 rings (SSSR count). The molecule has 1 aromatic carbocycles. The maximum atomic E-state index is 13.0. The second-order valence-corrected chi connectivity index (χ2v) is 9.24. The molecule has 2 N–H and O–H groups in total. The van der Waals surface area contributed by atoms with E-state index in [0.29, 0.717) is 22.9 Å². The number of hydrogen-bond acceptors (Lipinski definition) is 6. The lowest BCUT2D eigenvalue weighted by atomic mass is 10.1. The number of nitrogens with one attached hydrogen (secondary N) is 2. The summed E-state index contributed by atoms with van der Waals surface area (Å²) in [5.41, 5.74) is 4.31. The molecule has 0 bridgehead atoms. The van der Waals surface area contributed by atoms with E-state index in [1.807, 2.05) is 64.7 Å². The summed E-state index contributed by atoms with van der Waals surface area (Å²) in [7, 11) is 1.63. The summed E-state index contributed by atoms with van der Waals surface area (Å²) >= 11 is 1.44. The van der Waals surface area contributed by atoms with Gasteiger partial charge in [0.15, 0.2) is 5.13 Å². The molecule has 1 aliphatic heterocycles. The minimum absolute atomic E-state index is 0.0960. The molecule has 178 valence electrons. The van der Waals surface area contributed by atoms with Gasteiger partial charge in [-0.05, 0) is 66.9 Å². The minimum atomic E-state index is -0.182. The topological polar surface area (TPSA) is 92.2 Å². The van der Waals surface area contributed by atoms with Crippen LogP contribution in [0.2, 0.25) is 0 Å². The summed E-state index contributed by atoms with van der Waals surface area (Å²) in [5, 5.41) is 8.22. The number of pyridine rings is 1. The molecule has 4 heterocycles. The molecule has 9 heteroatoms. The number of anilines is 2. The van der Waals surface area contributed by atoms with Crippen LogP contribution in [-0.4, -0.2) is 39.9 Å². The van der Waals surface area contributed by atoms with Gasteiger partial charge in [-0.3, -0.25) is 19.9 Å². The Hall–Kier alpha value is -3.98. The largest absolute Gasteiger partial charge is 0.363 e. The van der Waals surface area contributed by atoms with Crippen LogP contribution in [0, 0.1) is 0 Å². The van der Waals surface area contributed by atoms with E-state index in [-0.39, 0.29) is 17.9 Å². The number of carbonyl (C=O) groups excluding carboxylic acids is 2. The normalized spacial score (nSPS) is 15.2. The van der Waals surface area contributed by atoms with Crippen molar-refractivity contribution >= 4 is 34.0 Å². The molecule has 1 saturated heterocycles. The van der Waals surface area contributed by atoms with Crippen LogP contribution in [0.15, 0.2) is 72.5 Å². The van der Waals surface area contributed by atoms with Gasteiger partial charge >= 0.3 is 0 Å². The van der Waals surface area contributed by atoms with Crippen LogP contribution in [0.3, 0.4) is 0 Å². The van der Waals surface area contributed by atoms with Crippen LogP contribution in [0.1, 0.15) is 51.0 Å². The average Bonchev–Trinajstić information content (AvgIpc) is 3.65. The molecule has 4 aromatic rings. The van der Waals surface area contributed by atoms with Gasteiger partial charge in [0.1, 0.15) is 5.69 Å². The number of carbonyl (C=O) groups is 2. The third-order valence-electron chi connectivity index (χ3n) is 6.19. The molecule has 3 aromatic heterocycles. The Balaban J connectivity index is 1.27. The van der Waals surface area contributed by atoms with Gasteiger partial charge in [-0.15, -0.1) is 11.3 Å². The number of amides is 2. The number of rotatable bonds is 7. The summed E-state index contributed by atoms with van der Waals surface area (Å²) in [5.74, 6) is -0.278. The van der Waals surface area contributed by atoms with Gasteiger partial charge in [-0.25, -0.2) is 4.98 Å². The van der Waals surface area contributed by atoms with Crippen LogP contribution in [-0.2, 0) is 6.54 Å². The molecule has 1 aliphatic rings. The standard InChI is InChI=1S/C26H26N6O2S/c1-27-24(33)19-6-8-20(9-7-19)32-15-3-4-22(32)21-17-35-26(29-21)30-25(34)23-5-2-14-31(23)16-18-10-12-28-13-11-18/h2,5-14,17,22H,3-4,15-16H2,1H3,(H,27,33)(H,29,30,34)/t22-/m1/s1. The van der Waals surface area contributed by atoms with Crippen molar-refractivity contribution in [3.8, 4) is 0 Å². The van der Waals surface area contributed by atoms with Crippen molar-refractivity contribution in [3.05, 3.63) is 95.0 Å². The number of nitrogens with zero attached hydrogens (tertiary/aromatic N) is 4.